The van der Waals surface area contributed by atoms with Gasteiger partial charge in [0, 0.05) is 22.9 Å². The first-order chi connectivity index (χ1) is 16.0. The van der Waals surface area contributed by atoms with Crippen molar-refractivity contribution in [3.8, 4) is 11.5 Å². The summed E-state index contributed by atoms with van der Waals surface area (Å²) in [7, 11) is 0. The van der Waals surface area contributed by atoms with Crippen molar-refractivity contribution >= 4 is 29.4 Å². The number of fused-ring (bicyclic) bond motifs is 1. The van der Waals surface area contributed by atoms with E-state index in [0.29, 0.717) is 28.3 Å². The summed E-state index contributed by atoms with van der Waals surface area (Å²) in [6, 6.07) is 20.5. The van der Waals surface area contributed by atoms with Crippen molar-refractivity contribution in [2.75, 3.05) is 12.1 Å². The van der Waals surface area contributed by atoms with Crippen molar-refractivity contribution < 1.29 is 28.6 Å². The minimum absolute atomic E-state index is 0.120. The first-order valence-electron chi connectivity index (χ1n) is 10.2. The smallest absolute Gasteiger partial charge is 0.331 e. The monoisotopic (exact) mass is 443 g/mol. The Labute approximate surface area is 190 Å². The topological polar surface area (TPSA) is 90.9 Å². The van der Waals surface area contributed by atoms with Crippen LogP contribution < -0.4 is 14.8 Å². The molecule has 1 heterocycles. The van der Waals surface area contributed by atoms with Crippen LogP contribution in [-0.2, 0) is 14.3 Å². The fourth-order valence-corrected chi connectivity index (χ4v) is 3.26. The fourth-order valence-electron chi connectivity index (χ4n) is 3.26. The average Bonchev–Trinajstić information content (AvgIpc) is 3.30. The average molecular weight is 443 g/mol. The SMILES string of the molecule is CC(=O)c1cccc(NC(=O)[C@H](OC(=O)/C=C/c2ccc3c(c2)OCO3)c2ccccc2)c1. The van der Waals surface area contributed by atoms with Crippen LogP contribution in [0.2, 0.25) is 0 Å². The second-order valence-corrected chi connectivity index (χ2v) is 7.30. The van der Waals surface area contributed by atoms with E-state index in [1.807, 2.05) is 0 Å². The van der Waals surface area contributed by atoms with E-state index in [0.717, 1.165) is 5.56 Å². The maximum Gasteiger partial charge on any atom is 0.331 e. The second kappa shape index (κ2) is 9.82. The molecule has 0 radical (unpaired) electrons. The molecule has 3 aromatic rings. The lowest BCUT2D eigenvalue weighted by atomic mass is 10.1. The Morgan fingerprint density at radius 1 is 0.939 bits per heavy atom. The van der Waals surface area contributed by atoms with Gasteiger partial charge in [-0.1, -0.05) is 48.5 Å². The molecule has 33 heavy (non-hydrogen) atoms. The second-order valence-electron chi connectivity index (χ2n) is 7.30. The van der Waals surface area contributed by atoms with Crippen LogP contribution in [0.25, 0.3) is 6.08 Å². The summed E-state index contributed by atoms with van der Waals surface area (Å²) in [5.41, 5.74) is 2.13. The van der Waals surface area contributed by atoms with Crippen LogP contribution in [0.5, 0.6) is 11.5 Å². The van der Waals surface area contributed by atoms with E-state index in [1.54, 1.807) is 78.9 Å². The number of nitrogens with one attached hydrogen (secondary N) is 1. The van der Waals surface area contributed by atoms with Crippen LogP contribution in [0.15, 0.2) is 78.9 Å². The predicted octanol–water partition coefficient (Wildman–Crippen LogP) is 4.55. The third-order valence-corrected chi connectivity index (χ3v) is 4.92. The van der Waals surface area contributed by atoms with E-state index in [9.17, 15) is 14.4 Å². The normalized spacial score (nSPS) is 12.9. The molecular weight excluding hydrogens is 422 g/mol. The van der Waals surface area contributed by atoms with Gasteiger partial charge < -0.3 is 19.5 Å². The number of Topliss-reactive ketones (excluding diaryl/α,β-unsaturated/α-hetero) is 1. The molecule has 0 bridgehead atoms. The lowest BCUT2D eigenvalue weighted by Gasteiger charge is -2.17. The van der Waals surface area contributed by atoms with Crippen LogP contribution in [-0.4, -0.2) is 24.5 Å². The molecule has 0 saturated carbocycles. The molecule has 0 unspecified atom stereocenters. The van der Waals surface area contributed by atoms with E-state index >= 15 is 0 Å². The van der Waals surface area contributed by atoms with Gasteiger partial charge in [-0.05, 0) is 42.8 Å². The van der Waals surface area contributed by atoms with Crippen LogP contribution in [0.3, 0.4) is 0 Å². The number of rotatable bonds is 7. The lowest BCUT2D eigenvalue weighted by molar-refractivity contribution is -0.149. The van der Waals surface area contributed by atoms with Crippen molar-refractivity contribution in [2.45, 2.75) is 13.0 Å². The van der Waals surface area contributed by atoms with Crippen LogP contribution in [0.4, 0.5) is 5.69 Å². The number of benzene rings is 3. The summed E-state index contributed by atoms with van der Waals surface area (Å²) in [5.74, 6) is -0.101. The molecule has 3 aromatic carbocycles. The van der Waals surface area contributed by atoms with Gasteiger partial charge >= 0.3 is 5.97 Å². The van der Waals surface area contributed by atoms with Gasteiger partial charge in [0.2, 0.25) is 12.9 Å². The predicted molar refractivity (Wildman–Crippen MR) is 122 cm³/mol. The van der Waals surface area contributed by atoms with E-state index in [4.69, 9.17) is 14.2 Å². The largest absolute Gasteiger partial charge is 0.454 e. The Hall–Kier alpha value is -4.39. The third kappa shape index (κ3) is 5.46. The lowest BCUT2D eigenvalue weighted by Crippen LogP contribution is -2.25. The summed E-state index contributed by atoms with van der Waals surface area (Å²) in [6.07, 6.45) is 1.64. The molecule has 166 valence electrons. The van der Waals surface area contributed by atoms with Crippen molar-refractivity contribution in [3.63, 3.8) is 0 Å². The summed E-state index contributed by atoms with van der Waals surface area (Å²) in [6.45, 7) is 1.61. The number of hydrogen-bond donors (Lipinski definition) is 1. The highest BCUT2D eigenvalue weighted by Crippen LogP contribution is 2.32. The highest BCUT2D eigenvalue weighted by Gasteiger charge is 2.24. The van der Waals surface area contributed by atoms with Crippen LogP contribution in [0.1, 0.15) is 34.5 Å². The van der Waals surface area contributed by atoms with Crippen molar-refractivity contribution in [1.29, 1.82) is 0 Å². The van der Waals surface area contributed by atoms with Crippen molar-refractivity contribution in [2.24, 2.45) is 0 Å². The molecule has 0 saturated heterocycles. The van der Waals surface area contributed by atoms with Gasteiger partial charge in [-0.2, -0.15) is 0 Å². The van der Waals surface area contributed by atoms with Gasteiger partial charge in [-0.15, -0.1) is 0 Å². The van der Waals surface area contributed by atoms with Gasteiger partial charge in [0.05, 0.1) is 0 Å². The summed E-state index contributed by atoms with van der Waals surface area (Å²) >= 11 is 0. The number of carbonyl (C=O) groups is 3. The molecule has 1 N–H and O–H groups in total. The van der Waals surface area contributed by atoms with E-state index in [1.165, 1.54) is 13.0 Å². The molecule has 7 heteroatoms. The van der Waals surface area contributed by atoms with E-state index in [2.05, 4.69) is 5.32 Å². The van der Waals surface area contributed by atoms with Crippen molar-refractivity contribution in [1.82, 2.24) is 0 Å². The van der Waals surface area contributed by atoms with Gasteiger partial charge in [-0.25, -0.2) is 4.79 Å². The molecule has 7 nitrogen and oxygen atoms in total. The summed E-state index contributed by atoms with van der Waals surface area (Å²) in [5, 5.41) is 2.72. The summed E-state index contributed by atoms with van der Waals surface area (Å²) < 4.78 is 16.1. The Morgan fingerprint density at radius 2 is 1.73 bits per heavy atom. The Bertz CT molecular complexity index is 1220. The number of amides is 1. The molecule has 4 rings (SSSR count). The molecule has 1 aliphatic heterocycles. The Morgan fingerprint density at radius 3 is 2.52 bits per heavy atom. The molecule has 1 amide bonds. The van der Waals surface area contributed by atoms with Gasteiger partial charge in [0.15, 0.2) is 17.3 Å². The van der Waals surface area contributed by atoms with E-state index < -0.39 is 18.0 Å². The van der Waals surface area contributed by atoms with Gasteiger partial charge in [0.25, 0.3) is 5.91 Å². The molecule has 0 fully saturated rings. The third-order valence-electron chi connectivity index (χ3n) is 4.92. The molecule has 0 aromatic heterocycles. The Kier molecular flexibility index (Phi) is 6.50. The zero-order chi connectivity index (χ0) is 23.2. The highest BCUT2D eigenvalue weighted by atomic mass is 16.7. The standard InChI is InChI=1S/C26H21NO6/c1-17(28)20-8-5-9-21(15-20)27-26(30)25(19-6-3-2-4-7-19)33-24(29)13-11-18-10-12-22-23(14-18)32-16-31-22/h2-15,25H,16H2,1H3,(H,27,30)/b13-11+/t25-/m1/s1. The number of hydrogen-bond acceptors (Lipinski definition) is 6. The van der Waals surface area contributed by atoms with Gasteiger partial charge in [0.1, 0.15) is 0 Å². The molecule has 0 aliphatic carbocycles. The number of ketones is 1. The fraction of sp³-hybridized carbons (Fsp3) is 0.115. The number of carbonyl (C=O) groups excluding carboxylic acids is 3. The Balaban J connectivity index is 1.50. The maximum absolute atomic E-state index is 13.0. The number of ether oxygens (including phenoxy) is 3. The highest BCUT2D eigenvalue weighted by molar-refractivity contribution is 5.99. The van der Waals surface area contributed by atoms with Crippen LogP contribution in [0, 0.1) is 0 Å². The molecule has 0 spiro atoms. The first kappa shape index (κ1) is 21.8. The first-order valence-corrected chi connectivity index (χ1v) is 10.2. The quantitative estimate of drug-likeness (QED) is 0.327. The molecular formula is C26H21NO6. The van der Waals surface area contributed by atoms with Gasteiger partial charge in [-0.3, -0.25) is 9.59 Å². The van der Waals surface area contributed by atoms with Crippen molar-refractivity contribution in [3.05, 3.63) is 95.6 Å². The number of esters is 1. The van der Waals surface area contributed by atoms with Crippen LogP contribution >= 0.6 is 0 Å². The summed E-state index contributed by atoms with van der Waals surface area (Å²) in [4.78, 5) is 37.2. The molecule has 1 atom stereocenters. The van der Waals surface area contributed by atoms with E-state index in [-0.39, 0.29) is 12.6 Å². The minimum Gasteiger partial charge on any atom is -0.454 e. The molecule has 1 aliphatic rings. The number of anilines is 1. The minimum atomic E-state index is -1.18. The maximum atomic E-state index is 13.0. The zero-order valence-corrected chi connectivity index (χ0v) is 17.8. The zero-order valence-electron chi connectivity index (χ0n) is 17.8.